The Morgan fingerprint density at radius 2 is 1.93 bits per heavy atom. The van der Waals surface area contributed by atoms with Crippen molar-refractivity contribution in [3.8, 4) is 0 Å². The molecule has 0 aliphatic heterocycles. The van der Waals surface area contributed by atoms with Crippen molar-refractivity contribution in [3.63, 3.8) is 0 Å². The first-order valence-corrected chi connectivity index (χ1v) is 5.73. The van der Waals surface area contributed by atoms with Gasteiger partial charge in [0.1, 0.15) is 11.6 Å². The molecule has 84 valence electrons. The molecule has 0 saturated carbocycles. The van der Waals surface area contributed by atoms with Gasteiger partial charge in [-0.05, 0) is 23.8 Å². The molecular weight excluding hydrogens is 224 g/mol. The van der Waals surface area contributed by atoms with Crippen LogP contribution in [0.1, 0.15) is 5.56 Å². The van der Waals surface area contributed by atoms with Crippen molar-refractivity contribution in [2.75, 3.05) is 19.0 Å². The molecular formula is C9H11F2NO2S. The van der Waals surface area contributed by atoms with E-state index in [-0.39, 0.29) is 5.56 Å². The lowest BCUT2D eigenvalue weighted by atomic mass is 10.2. The first-order valence-electron chi connectivity index (χ1n) is 4.17. The highest BCUT2D eigenvalue weighted by Crippen LogP contribution is 2.22. The maximum atomic E-state index is 12.8. The molecule has 6 heteroatoms. The highest BCUT2D eigenvalue weighted by Gasteiger charge is 2.14. The average molecular weight is 235 g/mol. The van der Waals surface area contributed by atoms with Crippen molar-refractivity contribution < 1.29 is 16.7 Å². The zero-order chi connectivity index (χ0) is 11.6. The molecule has 0 bridgehead atoms. The Hall–Kier alpha value is -1.17. The molecule has 0 heterocycles. The molecule has 1 aromatic carbocycles. The molecule has 1 aromatic rings. The highest BCUT2D eigenvalue weighted by atomic mass is 32.3. The lowest BCUT2D eigenvalue weighted by molar-refractivity contribution is 0.551. The van der Waals surface area contributed by atoms with Crippen LogP contribution in [-0.2, 0) is 16.0 Å². The predicted octanol–water partition coefficient (Wildman–Crippen LogP) is 1.69. The molecule has 0 aromatic heterocycles. The van der Waals surface area contributed by atoms with E-state index in [1.54, 1.807) is 19.0 Å². The molecule has 0 radical (unpaired) electrons. The Bertz CT molecular complexity index is 457. The number of hydrogen-bond donors (Lipinski definition) is 0. The smallest absolute Gasteiger partial charge is 0.306 e. The van der Waals surface area contributed by atoms with Gasteiger partial charge in [0.15, 0.2) is 0 Å². The van der Waals surface area contributed by atoms with E-state index in [0.29, 0.717) is 5.69 Å². The van der Waals surface area contributed by atoms with Crippen molar-refractivity contribution in [1.29, 1.82) is 0 Å². The third-order valence-corrected chi connectivity index (χ3v) is 2.51. The van der Waals surface area contributed by atoms with Crippen LogP contribution in [0.3, 0.4) is 0 Å². The average Bonchev–Trinajstić information content (AvgIpc) is 1.99. The minimum atomic E-state index is -4.64. The van der Waals surface area contributed by atoms with Crippen LogP contribution in [0.15, 0.2) is 18.2 Å². The SMILES string of the molecule is CN(C)c1ccc(F)cc1CS(=O)(=O)F. The van der Waals surface area contributed by atoms with E-state index in [0.717, 1.165) is 6.07 Å². The maximum absolute atomic E-state index is 12.8. The maximum Gasteiger partial charge on any atom is 0.306 e. The molecule has 0 spiro atoms. The first-order chi connectivity index (χ1) is 6.79. The standard InChI is InChI=1S/C9H11F2NO2S/c1-12(2)9-4-3-8(10)5-7(9)6-15(11,13)14/h3-5H,6H2,1-2H3. The molecule has 15 heavy (non-hydrogen) atoms. The summed E-state index contributed by atoms with van der Waals surface area (Å²) in [5.74, 6) is -1.39. The number of anilines is 1. The van der Waals surface area contributed by atoms with Crippen LogP contribution in [0.4, 0.5) is 14.0 Å². The first kappa shape index (κ1) is 11.9. The van der Waals surface area contributed by atoms with Gasteiger partial charge in [-0.15, -0.1) is 3.89 Å². The fourth-order valence-corrected chi connectivity index (χ4v) is 1.89. The summed E-state index contributed by atoms with van der Waals surface area (Å²) in [6.45, 7) is 0. The molecule has 0 N–H and O–H groups in total. The summed E-state index contributed by atoms with van der Waals surface area (Å²) in [5.41, 5.74) is 0.597. The number of hydrogen-bond acceptors (Lipinski definition) is 3. The second-order valence-corrected chi connectivity index (χ2v) is 4.72. The monoisotopic (exact) mass is 235 g/mol. The second kappa shape index (κ2) is 4.14. The van der Waals surface area contributed by atoms with Gasteiger partial charge in [-0.1, -0.05) is 0 Å². The van der Waals surface area contributed by atoms with Crippen molar-refractivity contribution in [3.05, 3.63) is 29.6 Å². The van der Waals surface area contributed by atoms with Crippen LogP contribution >= 0.6 is 0 Å². The molecule has 0 aliphatic rings. The Morgan fingerprint density at radius 3 is 2.40 bits per heavy atom. The van der Waals surface area contributed by atoms with Gasteiger partial charge in [0.2, 0.25) is 0 Å². The topological polar surface area (TPSA) is 37.4 Å². The van der Waals surface area contributed by atoms with Crippen LogP contribution < -0.4 is 4.90 Å². The third-order valence-electron chi connectivity index (χ3n) is 1.85. The molecule has 0 unspecified atom stereocenters. The third kappa shape index (κ3) is 3.47. The minimum Gasteiger partial charge on any atom is -0.377 e. The van der Waals surface area contributed by atoms with E-state index in [9.17, 15) is 16.7 Å². The summed E-state index contributed by atoms with van der Waals surface area (Å²) in [4.78, 5) is 1.60. The van der Waals surface area contributed by atoms with Crippen LogP contribution in [0, 0.1) is 5.82 Å². The fraction of sp³-hybridized carbons (Fsp3) is 0.333. The summed E-state index contributed by atoms with van der Waals surface area (Å²) in [7, 11) is -1.31. The lowest BCUT2D eigenvalue weighted by Crippen LogP contribution is -2.12. The zero-order valence-corrected chi connectivity index (χ0v) is 9.18. The van der Waals surface area contributed by atoms with Gasteiger partial charge >= 0.3 is 10.2 Å². The molecule has 1 rings (SSSR count). The Kier molecular flexibility index (Phi) is 3.28. The van der Waals surface area contributed by atoms with Gasteiger partial charge in [-0.25, -0.2) is 4.39 Å². The van der Waals surface area contributed by atoms with Crippen LogP contribution in [0.25, 0.3) is 0 Å². The van der Waals surface area contributed by atoms with Crippen LogP contribution in [0.2, 0.25) is 0 Å². The van der Waals surface area contributed by atoms with E-state index < -0.39 is 21.8 Å². The summed E-state index contributed by atoms with van der Waals surface area (Å²) in [6, 6.07) is 3.63. The molecule has 0 saturated heterocycles. The van der Waals surface area contributed by atoms with E-state index in [1.165, 1.54) is 12.1 Å². The summed E-state index contributed by atoms with van der Waals surface area (Å²) >= 11 is 0. The van der Waals surface area contributed by atoms with Crippen LogP contribution in [-0.4, -0.2) is 22.5 Å². The predicted molar refractivity (Wildman–Crippen MR) is 54.5 cm³/mol. The normalized spacial score (nSPS) is 11.5. The van der Waals surface area contributed by atoms with Crippen molar-refractivity contribution in [1.82, 2.24) is 0 Å². The van der Waals surface area contributed by atoms with Gasteiger partial charge in [0.05, 0.1) is 0 Å². The van der Waals surface area contributed by atoms with Gasteiger partial charge < -0.3 is 4.90 Å². The number of halogens is 2. The van der Waals surface area contributed by atoms with E-state index >= 15 is 0 Å². The Morgan fingerprint density at radius 1 is 1.33 bits per heavy atom. The van der Waals surface area contributed by atoms with Crippen LogP contribution in [0.5, 0.6) is 0 Å². The van der Waals surface area contributed by atoms with Gasteiger partial charge in [-0.3, -0.25) is 0 Å². The van der Waals surface area contributed by atoms with Crippen molar-refractivity contribution >= 4 is 15.9 Å². The molecule has 0 amide bonds. The zero-order valence-electron chi connectivity index (χ0n) is 8.37. The molecule has 3 nitrogen and oxygen atoms in total. The quantitative estimate of drug-likeness (QED) is 0.748. The van der Waals surface area contributed by atoms with Crippen molar-refractivity contribution in [2.45, 2.75) is 5.75 Å². The van der Waals surface area contributed by atoms with E-state index in [2.05, 4.69) is 0 Å². The molecule has 0 atom stereocenters. The van der Waals surface area contributed by atoms with Crippen molar-refractivity contribution in [2.24, 2.45) is 0 Å². The summed E-state index contributed by atoms with van der Waals surface area (Å²) in [5, 5.41) is 0. The van der Waals surface area contributed by atoms with E-state index in [4.69, 9.17) is 0 Å². The number of nitrogens with zero attached hydrogens (tertiary/aromatic N) is 1. The number of benzene rings is 1. The molecule has 0 aliphatic carbocycles. The number of rotatable bonds is 3. The Labute approximate surface area is 87.5 Å². The largest absolute Gasteiger partial charge is 0.377 e. The van der Waals surface area contributed by atoms with E-state index in [1.807, 2.05) is 0 Å². The van der Waals surface area contributed by atoms with Gasteiger partial charge in [0, 0.05) is 19.8 Å². The fourth-order valence-electron chi connectivity index (χ4n) is 1.29. The van der Waals surface area contributed by atoms with Gasteiger partial charge in [-0.2, -0.15) is 8.42 Å². The second-order valence-electron chi connectivity index (χ2n) is 3.35. The Balaban J connectivity index is 3.19. The highest BCUT2D eigenvalue weighted by molar-refractivity contribution is 7.85. The molecule has 0 fully saturated rings. The van der Waals surface area contributed by atoms with Gasteiger partial charge in [0.25, 0.3) is 0 Å². The lowest BCUT2D eigenvalue weighted by Gasteiger charge is -2.16. The summed E-state index contributed by atoms with van der Waals surface area (Å²) < 4.78 is 46.3. The summed E-state index contributed by atoms with van der Waals surface area (Å²) in [6.07, 6.45) is 0. The minimum absolute atomic E-state index is 0.113.